The number of thiophene rings is 3. The number of carboxylic acids is 1. The standard InChI is InChI=1S/C16H12O2S3/c1-10(16(17)18)9-11-4-5-14(20-11)15-7-6-13(21-15)12-3-2-8-19-12/h2-9H,1H3,(H,17,18)/b10-9+. The van der Waals surface area contributed by atoms with E-state index in [0.29, 0.717) is 5.57 Å². The normalized spacial score (nSPS) is 11.8. The fraction of sp³-hybridized carbons (Fsp3) is 0.0625. The van der Waals surface area contributed by atoms with Crippen LogP contribution >= 0.6 is 34.0 Å². The molecular weight excluding hydrogens is 320 g/mol. The molecule has 1 N–H and O–H groups in total. The van der Waals surface area contributed by atoms with Gasteiger partial charge in [-0.3, -0.25) is 0 Å². The molecule has 3 heterocycles. The second-order valence-electron chi connectivity index (χ2n) is 4.48. The van der Waals surface area contributed by atoms with Crippen LogP contribution in [0.1, 0.15) is 11.8 Å². The Morgan fingerprint density at radius 1 is 1.00 bits per heavy atom. The molecule has 0 saturated heterocycles. The first-order valence-corrected chi connectivity index (χ1v) is 8.80. The van der Waals surface area contributed by atoms with Crippen molar-refractivity contribution in [3.05, 3.63) is 52.2 Å². The molecule has 0 fully saturated rings. The lowest BCUT2D eigenvalue weighted by Crippen LogP contribution is -1.94. The highest BCUT2D eigenvalue weighted by Crippen LogP contribution is 2.39. The third-order valence-corrected chi connectivity index (χ3v) is 6.31. The molecule has 0 amide bonds. The first-order chi connectivity index (χ1) is 10.1. The molecule has 5 heteroatoms. The lowest BCUT2D eigenvalue weighted by Gasteiger charge is -1.92. The van der Waals surface area contributed by atoms with Gasteiger partial charge in [-0.15, -0.1) is 34.0 Å². The molecule has 106 valence electrons. The minimum atomic E-state index is -0.874. The fourth-order valence-electron chi connectivity index (χ4n) is 1.86. The highest BCUT2D eigenvalue weighted by molar-refractivity contribution is 7.26. The molecule has 21 heavy (non-hydrogen) atoms. The van der Waals surface area contributed by atoms with E-state index in [1.54, 1.807) is 47.0 Å². The van der Waals surface area contributed by atoms with E-state index in [1.807, 2.05) is 6.07 Å². The molecule has 0 aliphatic rings. The van der Waals surface area contributed by atoms with E-state index in [4.69, 9.17) is 5.11 Å². The van der Waals surface area contributed by atoms with Gasteiger partial charge in [0.15, 0.2) is 0 Å². The molecule has 2 nitrogen and oxygen atoms in total. The summed E-state index contributed by atoms with van der Waals surface area (Å²) in [6.07, 6.45) is 1.71. The highest BCUT2D eigenvalue weighted by Gasteiger charge is 2.08. The molecule has 0 saturated carbocycles. The Hall–Kier alpha value is -1.69. The Morgan fingerprint density at radius 2 is 1.67 bits per heavy atom. The summed E-state index contributed by atoms with van der Waals surface area (Å²) < 4.78 is 0. The predicted molar refractivity (Wildman–Crippen MR) is 92.2 cm³/mol. The number of rotatable bonds is 4. The van der Waals surface area contributed by atoms with Crippen LogP contribution in [-0.2, 0) is 4.79 Å². The molecule has 0 bridgehead atoms. The number of carboxylic acid groups (broad SMARTS) is 1. The van der Waals surface area contributed by atoms with Crippen molar-refractivity contribution in [2.24, 2.45) is 0 Å². The maximum atomic E-state index is 10.9. The zero-order chi connectivity index (χ0) is 14.8. The van der Waals surface area contributed by atoms with E-state index in [0.717, 1.165) is 4.88 Å². The van der Waals surface area contributed by atoms with Crippen molar-refractivity contribution in [3.63, 3.8) is 0 Å². The van der Waals surface area contributed by atoms with Gasteiger partial charge < -0.3 is 5.11 Å². The first-order valence-electron chi connectivity index (χ1n) is 6.29. The van der Waals surface area contributed by atoms with E-state index < -0.39 is 5.97 Å². The molecule has 0 aliphatic heterocycles. The third kappa shape index (κ3) is 3.15. The van der Waals surface area contributed by atoms with E-state index in [1.165, 1.54) is 19.5 Å². The van der Waals surface area contributed by atoms with E-state index in [2.05, 4.69) is 35.7 Å². The number of hydrogen-bond acceptors (Lipinski definition) is 4. The van der Waals surface area contributed by atoms with E-state index >= 15 is 0 Å². The number of hydrogen-bond donors (Lipinski definition) is 1. The van der Waals surface area contributed by atoms with Crippen LogP contribution < -0.4 is 0 Å². The molecule has 0 radical (unpaired) electrons. The molecule has 0 atom stereocenters. The van der Waals surface area contributed by atoms with Crippen molar-refractivity contribution >= 4 is 46.1 Å². The van der Waals surface area contributed by atoms with Crippen molar-refractivity contribution in [2.45, 2.75) is 6.92 Å². The Bertz CT molecular complexity index is 791. The Kier molecular flexibility index (Phi) is 4.05. The maximum Gasteiger partial charge on any atom is 0.331 e. The molecular formula is C16H12O2S3. The van der Waals surface area contributed by atoms with Crippen LogP contribution in [0.3, 0.4) is 0 Å². The van der Waals surface area contributed by atoms with E-state index in [-0.39, 0.29) is 0 Å². The molecule has 0 aromatic carbocycles. The number of aliphatic carboxylic acids is 1. The first kappa shape index (κ1) is 14.3. The lowest BCUT2D eigenvalue weighted by atomic mass is 10.2. The van der Waals surface area contributed by atoms with Crippen molar-refractivity contribution in [3.8, 4) is 19.5 Å². The summed E-state index contributed by atoms with van der Waals surface area (Å²) in [7, 11) is 0. The van der Waals surface area contributed by atoms with Crippen molar-refractivity contribution in [1.82, 2.24) is 0 Å². The molecule has 3 aromatic heterocycles. The zero-order valence-corrected chi connectivity index (χ0v) is 13.6. The van der Waals surface area contributed by atoms with Gasteiger partial charge >= 0.3 is 5.97 Å². The van der Waals surface area contributed by atoms with Crippen LogP contribution in [0.25, 0.3) is 25.6 Å². The van der Waals surface area contributed by atoms with Gasteiger partial charge in [-0.2, -0.15) is 0 Å². The summed E-state index contributed by atoms with van der Waals surface area (Å²) in [4.78, 5) is 16.8. The molecule has 0 spiro atoms. The van der Waals surface area contributed by atoms with Gasteiger partial charge in [0.25, 0.3) is 0 Å². The SMILES string of the molecule is C/C(=C\c1ccc(-c2ccc(-c3cccs3)s2)s1)C(=O)O. The Balaban J connectivity index is 1.87. The van der Waals surface area contributed by atoms with Crippen LogP contribution in [0.4, 0.5) is 0 Å². The third-order valence-electron chi connectivity index (χ3n) is 2.94. The summed E-state index contributed by atoms with van der Waals surface area (Å²) >= 11 is 5.12. The summed E-state index contributed by atoms with van der Waals surface area (Å²) in [5, 5.41) is 11.0. The number of carbonyl (C=O) groups is 1. The average molecular weight is 332 g/mol. The van der Waals surface area contributed by atoms with Gasteiger partial charge in [0.2, 0.25) is 0 Å². The molecule has 3 rings (SSSR count). The molecule has 0 aliphatic carbocycles. The highest BCUT2D eigenvalue weighted by atomic mass is 32.1. The van der Waals surface area contributed by atoms with Crippen LogP contribution in [0, 0.1) is 0 Å². The van der Waals surface area contributed by atoms with Gasteiger partial charge in [0.1, 0.15) is 0 Å². The van der Waals surface area contributed by atoms with Gasteiger partial charge in [-0.05, 0) is 48.7 Å². The quantitative estimate of drug-likeness (QED) is 0.623. The Labute approximate surface area is 134 Å². The fourth-order valence-corrected chi connectivity index (χ4v) is 4.80. The summed E-state index contributed by atoms with van der Waals surface area (Å²) in [6.45, 7) is 1.61. The minimum Gasteiger partial charge on any atom is -0.478 e. The second-order valence-corrected chi connectivity index (χ2v) is 7.62. The van der Waals surface area contributed by atoms with Crippen molar-refractivity contribution in [2.75, 3.05) is 0 Å². The monoisotopic (exact) mass is 332 g/mol. The van der Waals surface area contributed by atoms with Crippen LogP contribution in [0.5, 0.6) is 0 Å². The summed E-state index contributed by atoms with van der Waals surface area (Å²) in [6, 6.07) is 12.5. The van der Waals surface area contributed by atoms with Crippen molar-refractivity contribution in [1.29, 1.82) is 0 Å². The zero-order valence-electron chi connectivity index (χ0n) is 11.2. The van der Waals surface area contributed by atoms with Gasteiger partial charge in [-0.25, -0.2) is 4.79 Å². The smallest absolute Gasteiger partial charge is 0.331 e. The van der Waals surface area contributed by atoms with Crippen LogP contribution in [-0.4, -0.2) is 11.1 Å². The maximum absolute atomic E-state index is 10.9. The summed E-state index contributed by atoms with van der Waals surface area (Å²) in [5.41, 5.74) is 0.355. The molecule has 0 unspecified atom stereocenters. The van der Waals surface area contributed by atoms with Crippen LogP contribution in [0.2, 0.25) is 0 Å². The largest absolute Gasteiger partial charge is 0.478 e. The lowest BCUT2D eigenvalue weighted by molar-refractivity contribution is -0.132. The average Bonchev–Trinajstić information content (AvgIpc) is 3.19. The van der Waals surface area contributed by atoms with Crippen molar-refractivity contribution < 1.29 is 9.90 Å². The van der Waals surface area contributed by atoms with Gasteiger partial charge in [-0.1, -0.05) is 6.07 Å². The van der Waals surface area contributed by atoms with E-state index in [9.17, 15) is 4.79 Å². The van der Waals surface area contributed by atoms with Gasteiger partial charge in [0, 0.05) is 30.0 Å². The summed E-state index contributed by atoms with van der Waals surface area (Å²) in [5.74, 6) is -0.874. The second kappa shape index (κ2) is 5.97. The predicted octanol–water partition coefficient (Wildman–Crippen LogP) is 5.69. The van der Waals surface area contributed by atoms with Gasteiger partial charge in [0.05, 0.1) is 0 Å². The topological polar surface area (TPSA) is 37.3 Å². The minimum absolute atomic E-state index is 0.355. The molecule has 3 aromatic rings. The van der Waals surface area contributed by atoms with Crippen LogP contribution in [0.15, 0.2) is 47.4 Å². The Morgan fingerprint density at radius 3 is 2.33 bits per heavy atom.